The molecule has 0 spiro atoms. The van der Waals surface area contributed by atoms with Crippen LogP contribution in [0.3, 0.4) is 0 Å². The lowest BCUT2D eigenvalue weighted by Crippen LogP contribution is -2.00. The van der Waals surface area contributed by atoms with Crippen molar-refractivity contribution in [3.8, 4) is 0 Å². The molecule has 0 saturated heterocycles. The second kappa shape index (κ2) is 2.30. The standard InChI is InChI=1S/C9H11N3/c1-9(2)4-3-8-10-7-11-12(8)6-5-9/h3-7H,1-2H3. The second-order valence-corrected chi connectivity index (χ2v) is 3.53. The molecule has 2 heterocycles. The Morgan fingerprint density at radius 1 is 1.33 bits per heavy atom. The normalized spacial score (nSPS) is 18.8. The molecular formula is C9H11N3. The Labute approximate surface area is 71.4 Å². The predicted octanol–water partition coefficient (Wildman–Crippen LogP) is 1.80. The van der Waals surface area contributed by atoms with E-state index in [4.69, 9.17) is 0 Å². The Morgan fingerprint density at radius 2 is 2.17 bits per heavy atom. The minimum Gasteiger partial charge on any atom is -0.221 e. The quantitative estimate of drug-likeness (QED) is 0.581. The van der Waals surface area contributed by atoms with Crippen LogP contribution in [0.15, 0.2) is 18.5 Å². The lowest BCUT2D eigenvalue weighted by Gasteiger charge is -2.11. The van der Waals surface area contributed by atoms with E-state index in [1.807, 2.05) is 12.3 Å². The highest BCUT2D eigenvalue weighted by Crippen LogP contribution is 2.23. The van der Waals surface area contributed by atoms with Gasteiger partial charge in [0.2, 0.25) is 0 Å². The highest BCUT2D eigenvalue weighted by atomic mass is 15.3. The van der Waals surface area contributed by atoms with Gasteiger partial charge in [0.15, 0.2) is 5.82 Å². The van der Waals surface area contributed by atoms with Crippen molar-refractivity contribution in [3.63, 3.8) is 0 Å². The van der Waals surface area contributed by atoms with Crippen molar-refractivity contribution >= 4 is 12.3 Å². The molecule has 0 fully saturated rings. The lowest BCUT2D eigenvalue weighted by molar-refractivity contribution is 0.632. The maximum atomic E-state index is 4.10. The molecule has 62 valence electrons. The van der Waals surface area contributed by atoms with Crippen LogP contribution < -0.4 is 0 Å². The van der Waals surface area contributed by atoms with Crippen molar-refractivity contribution in [3.05, 3.63) is 24.3 Å². The number of aromatic nitrogens is 3. The Bertz CT molecular complexity index is 314. The van der Waals surface area contributed by atoms with Gasteiger partial charge in [0, 0.05) is 11.6 Å². The van der Waals surface area contributed by atoms with Gasteiger partial charge in [-0.1, -0.05) is 26.0 Å². The van der Waals surface area contributed by atoms with Crippen molar-refractivity contribution in [1.82, 2.24) is 14.8 Å². The average Bonchev–Trinajstić information content (AvgIpc) is 2.40. The number of fused-ring (bicyclic) bond motifs is 1. The van der Waals surface area contributed by atoms with E-state index in [0.29, 0.717) is 0 Å². The first-order chi connectivity index (χ1) is 5.67. The molecule has 0 radical (unpaired) electrons. The third-order valence-corrected chi connectivity index (χ3v) is 1.91. The molecule has 12 heavy (non-hydrogen) atoms. The molecule has 0 unspecified atom stereocenters. The number of nitrogens with zero attached hydrogens (tertiary/aromatic N) is 3. The second-order valence-electron chi connectivity index (χ2n) is 3.53. The number of rotatable bonds is 0. The minimum atomic E-state index is 0.0996. The predicted molar refractivity (Wildman–Crippen MR) is 48.2 cm³/mol. The van der Waals surface area contributed by atoms with Crippen LogP contribution >= 0.6 is 0 Å². The van der Waals surface area contributed by atoms with Crippen LogP contribution in [0.4, 0.5) is 0 Å². The molecular weight excluding hydrogens is 150 g/mol. The Kier molecular flexibility index (Phi) is 1.40. The first kappa shape index (κ1) is 7.28. The molecule has 1 aromatic rings. The molecule has 2 rings (SSSR count). The van der Waals surface area contributed by atoms with Crippen LogP contribution in [0, 0.1) is 5.41 Å². The average molecular weight is 161 g/mol. The van der Waals surface area contributed by atoms with Gasteiger partial charge in [0.1, 0.15) is 6.33 Å². The van der Waals surface area contributed by atoms with Gasteiger partial charge in [0.25, 0.3) is 0 Å². The largest absolute Gasteiger partial charge is 0.221 e. The van der Waals surface area contributed by atoms with E-state index in [9.17, 15) is 0 Å². The first-order valence-corrected chi connectivity index (χ1v) is 3.95. The fourth-order valence-electron chi connectivity index (χ4n) is 1.10. The summed E-state index contributed by atoms with van der Waals surface area (Å²) < 4.78 is 1.77. The summed E-state index contributed by atoms with van der Waals surface area (Å²) in [6.07, 6.45) is 9.73. The summed E-state index contributed by atoms with van der Waals surface area (Å²) >= 11 is 0. The molecule has 1 aliphatic rings. The zero-order valence-electron chi connectivity index (χ0n) is 7.23. The van der Waals surface area contributed by atoms with E-state index in [1.54, 1.807) is 11.0 Å². The summed E-state index contributed by atoms with van der Waals surface area (Å²) in [5.74, 6) is 0.886. The fraction of sp³-hybridized carbons (Fsp3) is 0.333. The summed E-state index contributed by atoms with van der Waals surface area (Å²) in [5, 5.41) is 4.05. The molecule has 0 saturated carbocycles. The van der Waals surface area contributed by atoms with Crippen molar-refractivity contribution < 1.29 is 0 Å². The van der Waals surface area contributed by atoms with Crippen LogP contribution in [0.2, 0.25) is 0 Å². The van der Waals surface area contributed by atoms with Crippen LogP contribution in [-0.2, 0) is 0 Å². The number of hydrogen-bond acceptors (Lipinski definition) is 2. The van der Waals surface area contributed by atoms with Gasteiger partial charge in [-0.15, -0.1) is 0 Å². The smallest absolute Gasteiger partial charge is 0.154 e. The van der Waals surface area contributed by atoms with Crippen molar-refractivity contribution in [2.45, 2.75) is 13.8 Å². The van der Waals surface area contributed by atoms with E-state index in [1.165, 1.54) is 0 Å². The monoisotopic (exact) mass is 161 g/mol. The molecule has 0 atom stereocenters. The molecule has 3 nitrogen and oxygen atoms in total. The molecule has 0 aromatic carbocycles. The highest BCUT2D eigenvalue weighted by molar-refractivity contribution is 5.49. The molecule has 0 bridgehead atoms. The molecule has 3 heteroatoms. The van der Waals surface area contributed by atoms with Gasteiger partial charge in [-0.3, -0.25) is 0 Å². The van der Waals surface area contributed by atoms with Gasteiger partial charge in [-0.05, 0) is 6.08 Å². The highest BCUT2D eigenvalue weighted by Gasteiger charge is 2.12. The van der Waals surface area contributed by atoms with E-state index in [0.717, 1.165) is 5.82 Å². The van der Waals surface area contributed by atoms with Crippen LogP contribution in [0.1, 0.15) is 19.7 Å². The van der Waals surface area contributed by atoms with Crippen LogP contribution in [0.5, 0.6) is 0 Å². The van der Waals surface area contributed by atoms with Gasteiger partial charge < -0.3 is 0 Å². The van der Waals surface area contributed by atoms with E-state index in [-0.39, 0.29) is 5.41 Å². The molecule has 0 amide bonds. The minimum absolute atomic E-state index is 0.0996. The lowest BCUT2D eigenvalue weighted by atomic mass is 9.93. The van der Waals surface area contributed by atoms with E-state index < -0.39 is 0 Å². The van der Waals surface area contributed by atoms with Gasteiger partial charge in [-0.25, -0.2) is 9.67 Å². The van der Waals surface area contributed by atoms with Crippen molar-refractivity contribution in [2.75, 3.05) is 0 Å². The molecule has 1 aromatic heterocycles. The summed E-state index contributed by atoms with van der Waals surface area (Å²) in [4.78, 5) is 4.10. The van der Waals surface area contributed by atoms with E-state index in [2.05, 4.69) is 36.1 Å². The third kappa shape index (κ3) is 1.18. The zero-order chi connectivity index (χ0) is 8.60. The molecule has 0 aliphatic carbocycles. The van der Waals surface area contributed by atoms with Gasteiger partial charge in [0.05, 0.1) is 0 Å². The van der Waals surface area contributed by atoms with E-state index >= 15 is 0 Å². The molecule has 0 N–H and O–H groups in total. The van der Waals surface area contributed by atoms with Gasteiger partial charge >= 0.3 is 0 Å². The fourth-order valence-corrected chi connectivity index (χ4v) is 1.10. The summed E-state index contributed by atoms with van der Waals surface area (Å²) in [7, 11) is 0. The summed E-state index contributed by atoms with van der Waals surface area (Å²) in [6, 6.07) is 0. The zero-order valence-corrected chi connectivity index (χ0v) is 7.23. The maximum Gasteiger partial charge on any atom is 0.154 e. The topological polar surface area (TPSA) is 30.7 Å². The molecule has 1 aliphatic heterocycles. The van der Waals surface area contributed by atoms with Crippen molar-refractivity contribution in [1.29, 1.82) is 0 Å². The van der Waals surface area contributed by atoms with Gasteiger partial charge in [-0.2, -0.15) is 5.10 Å². The Hall–Kier alpha value is -1.38. The Balaban J connectivity index is 2.49. The van der Waals surface area contributed by atoms with Crippen LogP contribution in [-0.4, -0.2) is 14.8 Å². The Morgan fingerprint density at radius 3 is 3.00 bits per heavy atom. The summed E-state index contributed by atoms with van der Waals surface area (Å²) in [5.41, 5.74) is 0.0996. The summed E-state index contributed by atoms with van der Waals surface area (Å²) in [6.45, 7) is 4.29. The first-order valence-electron chi connectivity index (χ1n) is 3.95. The maximum absolute atomic E-state index is 4.10. The van der Waals surface area contributed by atoms with Crippen LogP contribution in [0.25, 0.3) is 12.3 Å². The third-order valence-electron chi connectivity index (χ3n) is 1.91. The number of allylic oxidation sites excluding steroid dienone is 2. The SMILES string of the molecule is CC1(C)C=Cc2ncnn2C=C1. The number of hydrogen-bond donors (Lipinski definition) is 0. The van der Waals surface area contributed by atoms with Crippen molar-refractivity contribution in [2.24, 2.45) is 5.41 Å².